The van der Waals surface area contributed by atoms with Crippen LogP contribution in [-0.2, 0) is 6.54 Å². The average molecular weight is 254 g/mol. The molecule has 0 saturated heterocycles. The quantitative estimate of drug-likeness (QED) is 0.775. The summed E-state index contributed by atoms with van der Waals surface area (Å²) in [5, 5.41) is 14.6. The lowest BCUT2D eigenvalue weighted by molar-refractivity contribution is 0.208. The Morgan fingerprint density at radius 1 is 1.11 bits per heavy atom. The van der Waals surface area contributed by atoms with E-state index in [-0.39, 0.29) is 0 Å². The molecule has 1 aromatic carbocycles. The van der Waals surface area contributed by atoms with Gasteiger partial charge < -0.3 is 5.11 Å². The summed E-state index contributed by atoms with van der Waals surface area (Å²) in [5.41, 5.74) is 3.18. The second kappa shape index (κ2) is 4.78. The summed E-state index contributed by atoms with van der Waals surface area (Å²) in [4.78, 5) is 8.47. The summed E-state index contributed by atoms with van der Waals surface area (Å²) < 4.78 is 1.78. The van der Waals surface area contributed by atoms with Crippen LogP contribution in [0.15, 0.2) is 42.9 Å². The van der Waals surface area contributed by atoms with E-state index in [2.05, 4.69) is 15.1 Å². The van der Waals surface area contributed by atoms with E-state index >= 15 is 0 Å². The molecule has 5 nitrogen and oxygen atoms in total. The van der Waals surface area contributed by atoms with Gasteiger partial charge in [-0.25, -0.2) is 0 Å². The van der Waals surface area contributed by atoms with Crippen molar-refractivity contribution in [3.8, 4) is 0 Å². The lowest BCUT2D eigenvalue weighted by atomic mass is 10.1. The average Bonchev–Trinajstić information content (AvgIpc) is 2.94. The summed E-state index contributed by atoms with van der Waals surface area (Å²) in [6, 6.07) is 7.43. The van der Waals surface area contributed by atoms with Gasteiger partial charge in [0.25, 0.3) is 0 Å². The predicted molar refractivity (Wildman–Crippen MR) is 71.5 cm³/mol. The van der Waals surface area contributed by atoms with Gasteiger partial charge >= 0.3 is 0 Å². The van der Waals surface area contributed by atoms with Crippen LogP contribution in [0.1, 0.15) is 24.3 Å². The Morgan fingerprint density at radius 2 is 1.89 bits per heavy atom. The molecule has 3 aromatic rings. The van der Waals surface area contributed by atoms with Gasteiger partial charge in [0.2, 0.25) is 0 Å². The third-order valence-corrected chi connectivity index (χ3v) is 3.14. The van der Waals surface area contributed by atoms with Crippen molar-refractivity contribution in [1.29, 1.82) is 0 Å². The Balaban J connectivity index is 2.04. The van der Waals surface area contributed by atoms with Crippen LogP contribution in [0, 0.1) is 0 Å². The minimum atomic E-state index is -0.700. The van der Waals surface area contributed by atoms with Gasteiger partial charge in [-0.05, 0) is 30.7 Å². The van der Waals surface area contributed by atoms with E-state index in [1.54, 1.807) is 23.3 Å². The molecule has 0 saturated carbocycles. The maximum atomic E-state index is 10.4. The number of aliphatic hydroxyl groups is 1. The lowest BCUT2D eigenvalue weighted by Crippen LogP contribution is -2.09. The van der Waals surface area contributed by atoms with E-state index in [0.29, 0.717) is 0 Å². The van der Waals surface area contributed by atoms with Crippen molar-refractivity contribution in [2.24, 2.45) is 0 Å². The van der Waals surface area contributed by atoms with Crippen molar-refractivity contribution in [3.05, 3.63) is 54.1 Å². The molecule has 0 aliphatic heterocycles. The molecule has 3 rings (SSSR count). The molecule has 1 atom stereocenters. The van der Waals surface area contributed by atoms with Gasteiger partial charge in [0.15, 0.2) is 0 Å². The van der Waals surface area contributed by atoms with Crippen molar-refractivity contribution < 1.29 is 5.11 Å². The lowest BCUT2D eigenvalue weighted by Gasteiger charge is -2.13. The van der Waals surface area contributed by atoms with Crippen molar-refractivity contribution in [1.82, 2.24) is 19.7 Å². The number of rotatable bonds is 3. The normalized spacial score (nSPS) is 12.7. The minimum absolute atomic E-state index is 0.700. The third kappa shape index (κ3) is 2.08. The van der Waals surface area contributed by atoms with Crippen LogP contribution in [0.25, 0.3) is 11.0 Å². The molecule has 0 spiro atoms. The molecule has 1 N–H and O–H groups in total. The molecule has 2 heterocycles. The third-order valence-electron chi connectivity index (χ3n) is 3.14. The Morgan fingerprint density at radius 3 is 2.68 bits per heavy atom. The Labute approximate surface area is 110 Å². The highest BCUT2D eigenvalue weighted by Gasteiger charge is 2.15. The molecule has 5 heteroatoms. The summed E-state index contributed by atoms with van der Waals surface area (Å²) in [6.07, 6.45) is 4.30. The summed E-state index contributed by atoms with van der Waals surface area (Å²) in [5.74, 6) is 0. The summed E-state index contributed by atoms with van der Waals surface area (Å²) >= 11 is 0. The molecule has 0 fully saturated rings. The highest BCUT2D eigenvalue weighted by Crippen LogP contribution is 2.23. The van der Waals surface area contributed by atoms with E-state index in [9.17, 15) is 5.11 Å². The molecule has 0 amide bonds. The Hall–Kier alpha value is -2.27. The molecule has 0 aliphatic carbocycles. The van der Waals surface area contributed by atoms with Crippen LogP contribution >= 0.6 is 0 Å². The van der Waals surface area contributed by atoms with Gasteiger partial charge in [-0.15, -0.1) is 0 Å². The number of fused-ring (bicyclic) bond motifs is 1. The van der Waals surface area contributed by atoms with Crippen LogP contribution in [-0.4, -0.2) is 24.9 Å². The minimum Gasteiger partial charge on any atom is -0.382 e. The molecule has 1 unspecified atom stereocenters. The fourth-order valence-corrected chi connectivity index (χ4v) is 2.16. The van der Waals surface area contributed by atoms with E-state index < -0.39 is 6.10 Å². The topological polar surface area (TPSA) is 63.8 Å². The van der Waals surface area contributed by atoms with Crippen molar-refractivity contribution in [2.75, 3.05) is 0 Å². The van der Waals surface area contributed by atoms with Gasteiger partial charge in [-0.1, -0.05) is 6.07 Å². The Kier molecular flexibility index (Phi) is 2.97. The van der Waals surface area contributed by atoms with Gasteiger partial charge in [-0.3, -0.25) is 14.6 Å². The molecule has 0 bridgehead atoms. The zero-order valence-corrected chi connectivity index (χ0v) is 10.6. The SMILES string of the molecule is CCn1nccc1C(O)c1ccc2nccnc2c1. The molecule has 96 valence electrons. The first-order chi connectivity index (χ1) is 9.29. The summed E-state index contributed by atoms with van der Waals surface area (Å²) in [6.45, 7) is 2.72. The van der Waals surface area contributed by atoms with Gasteiger partial charge in [-0.2, -0.15) is 5.10 Å². The van der Waals surface area contributed by atoms with Crippen LogP contribution in [0.3, 0.4) is 0 Å². The summed E-state index contributed by atoms with van der Waals surface area (Å²) in [7, 11) is 0. The van der Waals surface area contributed by atoms with Gasteiger partial charge in [0, 0.05) is 25.1 Å². The fraction of sp³-hybridized carbons (Fsp3) is 0.214. The van der Waals surface area contributed by atoms with Crippen molar-refractivity contribution >= 4 is 11.0 Å². The van der Waals surface area contributed by atoms with E-state index in [1.165, 1.54) is 0 Å². The molecule has 0 radical (unpaired) electrons. The van der Waals surface area contributed by atoms with Crippen LogP contribution in [0.2, 0.25) is 0 Å². The van der Waals surface area contributed by atoms with E-state index in [1.807, 2.05) is 31.2 Å². The van der Waals surface area contributed by atoms with Crippen LogP contribution < -0.4 is 0 Å². The number of hydrogen-bond donors (Lipinski definition) is 1. The predicted octanol–water partition coefficient (Wildman–Crippen LogP) is 1.93. The first-order valence-electron chi connectivity index (χ1n) is 6.20. The van der Waals surface area contributed by atoms with E-state index in [0.717, 1.165) is 28.8 Å². The number of aryl methyl sites for hydroxylation is 1. The maximum absolute atomic E-state index is 10.4. The zero-order chi connectivity index (χ0) is 13.2. The molecule has 2 aromatic heterocycles. The second-order valence-electron chi connectivity index (χ2n) is 4.28. The number of aliphatic hydroxyl groups excluding tert-OH is 1. The molecular weight excluding hydrogens is 240 g/mol. The van der Waals surface area contributed by atoms with Crippen LogP contribution in [0.5, 0.6) is 0 Å². The molecular formula is C14H14N4O. The molecule has 19 heavy (non-hydrogen) atoms. The monoisotopic (exact) mass is 254 g/mol. The Bertz CT molecular complexity index is 707. The fourth-order valence-electron chi connectivity index (χ4n) is 2.16. The number of aromatic nitrogens is 4. The first kappa shape index (κ1) is 11.8. The van der Waals surface area contributed by atoms with Crippen LogP contribution in [0.4, 0.5) is 0 Å². The smallest absolute Gasteiger partial charge is 0.121 e. The number of benzene rings is 1. The number of hydrogen-bond acceptors (Lipinski definition) is 4. The van der Waals surface area contributed by atoms with Gasteiger partial charge in [0.05, 0.1) is 16.7 Å². The molecule has 0 aliphatic rings. The van der Waals surface area contributed by atoms with E-state index in [4.69, 9.17) is 0 Å². The maximum Gasteiger partial charge on any atom is 0.121 e. The second-order valence-corrected chi connectivity index (χ2v) is 4.28. The number of nitrogens with zero attached hydrogens (tertiary/aromatic N) is 4. The highest BCUT2D eigenvalue weighted by molar-refractivity contribution is 5.74. The largest absolute Gasteiger partial charge is 0.382 e. The first-order valence-corrected chi connectivity index (χ1v) is 6.20. The highest BCUT2D eigenvalue weighted by atomic mass is 16.3. The van der Waals surface area contributed by atoms with Crippen molar-refractivity contribution in [2.45, 2.75) is 19.6 Å². The zero-order valence-electron chi connectivity index (χ0n) is 10.6. The standard InChI is InChI=1S/C14H14N4O/c1-2-18-13(5-6-17-18)14(19)10-3-4-11-12(9-10)16-8-7-15-11/h3-9,14,19H,2H2,1H3. The van der Waals surface area contributed by atoms with Gasteiger partial charge in [0.1, 0.15) is 6.10 Å². The van der Waals surface area contributed by atoms with Crippen molar-refractivity contribution in [3.63, 3.8) is 0 Å².